The van der Waals surface area contributed by atoms with Gasteiger partial charge in [-0.3, -0.25) is 0 Å². The number of ether oxygens (including phenoxy) is 1. The first kappa shape index (κ1) is 22.6. The molecule has 1 aliphatic rings. The van der Waals surface area contributed by atoms with Crippen molar-refractivity contribution in [2.45, 2.75) is 64.4 Å². The Morgan fingerprint density at radius 1 is 0.733 bits per heavy atom. The van der Waals surface area contributed by atoms with Gasteiger partial charge in [0.1, 0.15) is 5.60 Å². The molecular weight excluding hydrogens is 364 g/mol. The molecule has 0 N–H and O–H groups in total. The molecule has 2 aromatic carbocycles. The van der Waals surface area contributed by atoms with Crippen molar-refractivity contribution in [3.63, 3.8) is 0 Å². The van der Waals surface area contributed by atoms with Crippen molar-refractivity contribution < 1.29 is 4.74 Å². The average Bonchev–Trinajstić information content (AvgIpc) is 3.33. The summed E-state index contributed by atoms with van der Waals surface area (Å²) in [6.45, 7) is 5.10. The summed E-state index contributed by atoms with van der Waals surface area (Å²) in [5.74, 6) is 0.760. The lowest BCUT2D eigenvalue weighted by Gasteiger charge is -2.44. The van der Waals surface area contributed by atoms with Gasteiger partial charge in [-0.1, -0.05) is 130 Å². The average molecular weight is 403 g/mol. The third-order valence-electron chi connectivity index (χ3n) is 6.41. The van der Waals surface area contributed by atoms with Gasteiger partial charge in [0.05, 0.1) is 0 Å². The molecule has 0 bridgehead atoms. The molecule has 0 fully saturated rings. The van der Waals surface area contributed by atoms with Crippen LogP contribution in [0.2, 0.25) is 0 Å². The number of hydrogen-bond donors (Lipinski definition) is 0. The van der Waals surface area contributed by atoms with Gasteiger partial charge < -0.3 is 4.74 Å². The Morgan fingerprint density at radius 3 is 1.80 bits per heavy atom. The summed E-state index contributed by atoms with van der Waals surface area (Å²) in [4.78, 5) is 0. The van der Waals surface area contributed by atoms with Crippen LogP contribution in [0.3, 0.4) is 0 Å². The van der Waals surface area contributed by atoms with Crippen LogP contribution in [0, 0.1) is 11.8 Å². The summed E-state index contributed by atoms with van der Waals surface area (Å²) in [5.41, 5.74) is 2.09. The van der Waals surface area contributed by atoms with Crippen LogP contribution in [-0.2, 0) is 10.3 Å². The molecule has 1 atom stereocenters. The van der Waals surface area contributed by atoms with Gasteiger partial charge in [-0.05, 0) is 24.5 Å². The lowest BCUT2D eigenvalue weighted by atomic mass is 9.68. The van der Waals surface area contributed by atoms with Crippen LogP contribution in [0.15, 0.2) is 85.0 Å². The molecule has 160 valence electrons. The van der Waals surface area contributed by atoms with Gasteiger partial charge >= 0.3 is 0 Å². The largest absolute Gasteiger partial charge is 0.365 e. The van der Waals surface area contributed by atoms with E-state index in [0.29, 0.717) is 18.4 Å². The van der Waals surface area contributed by atoms with Crippen molar-refractivity contribution in [2.24, 2.45) is 11.8 Å². The van der Waals surface area contributed by atoms with Crippen LogP contribution in [0.4, 0.5) is 0 Å². The van der Waals surface area contributed by atoms with Crippen LogP contribution in [0.25, 0.3) is 0 Å². The molecule has 0 radical (unpaired) electrons. The summed E-state index contributed by atoms with van der Waals surface area (Å²) in [6, 6.07) is 21.8. The van der Waals surface area contributed by atoms with Crippen molar-refractivity contribution in [1.82, 2.24) is 0 Å². The minimum absolute atomic E-state index is 0.364. The Kier molecular flexibility index (Phi) is 8.96. The lowest BCUT2D eigenvalue weighted by molar-refractivity contribution is -0.0673. The van der Waals surface area contributed by atoms with E-state index < -0.39 is 5.60 Å². The van der Waals surface area contributed by atoms with Crippen molar-refractivity contribution in [1.29, 1.82) is 0 Å². The zero-order valence-corrected chi connectivity index (χ0v) is 18.8. The van der Waals surface area contributed by atoms with Gasteiger partial charge in [0.15, 0.2) is 0 Å². The molecule has 0 aromatic heterocycles. The van der Waals surface area contributed by atoms with Crippen molar-refractivity contribution in [2.75, 3.05) is 6.61 Å². The van der Waals surface area contributed by atoms with Crippen LogP contribution < -0.4 is 0 Å². The number of allylic oxidation sites excluding steroid dienone is 4. The van der Waals surface area contributed by atoms with Crippen molar-refractivity contribution in [3.05, 3.63) is 96.1 Å². The fraction of sp³-hybridized carbons (Fsp3) is 0.448. The highest BCUT2D eigenvalue weighted by Crippen LogP contribution is 2.47. The first-order valence-corrected chi connectivity index (χ1v) is 11.9. The summed E-state index contributed by atoms with van der Waals surface area (Å²) in [5, 5.41) is 0. The highest BCUT2D eigenvalue weighted by Gasteiger charge is 2.45. The van der Waals surface area contributed by atoms with Crippen LogP contribution in [0.1, 0.15) is 69.9 Å². The van der Waals surface area contributed by atoms with E-state index in [9.17, 15) is 0 Å². The van der Waals surface area contributed by atoms with Gasteiger partial charge in [-0.15, -0.1) is 0 Å². The molecule has 2 aromatic rings. The van der Waals surface area contributed by atoms with E-state index in [1.54, 1.807) is 0 Å². The molecule has 1 heteroatoms. The maximum Gasteiger partial charge on any atom is 0.122 e. The first-order chi connectivity index (χ1) is 14.8. The number of benzene rings is 2. The zero-order chi connectivity index (χ0) is 21.1. The summed E-state index contributed by atoms with van der Waals surface area (Å²) < 4.78 is 6.80. The summed E-state index contributed by atoms with van der Waals surface area (Å²) >= 11 is 0. The van der Waals surface area contributed by atoms with Crippen molar-refractivity contribution >= 4 is 0 Å². The van der Waals surface area contributed by atoms with E-state index in [-0.39, 0.29) is 0 Å². The molecular formula is C29H38O. The maximum atomic E-state index is 6.80. The Morgan fingerprint density at radius 2 is 1.27 bits per heavy atom. The van der Waals surface area contributed by atoms with Crippen LogP contribution >= 0.6 is 0 Å². The van der Waals surface area contributed by atoms with Gasteiger partial charge in [0.2, 0.25) is 0 Å². The lowest BCUT2D eigenvalue weighted by Crippen LogP contribution is -2.42. The molecule has 0 saturated heterocycles. The molecule has 0 amide bonds. The predicted octanol–water partition coefficient (Wildman–Crippen LogP) is 8.08. The quantitative estimate of drug-likeness (QED) is 0.308. The molecule has 0 spiro atoms. The molecule has 0 aliphatic heterocycles. The summed E-state index contributed by atoms with van der Waals surface area (Å²) in [7, 11) is 0. The van der Waals surface area contributed by atoms with E-state index >= 15 is 0 Å². The van der Waals surface area contributed by atoms with E-state index in [2.05, 4.69) is 98.8 Å². The van der Waals surface area contributed by atoms with Crippen molar-refractivity contribution in [3.8, 4) is 0 Å². The van der Waals surface area contributed by atoms with Crippen LogP contribution in [0.5, 0.6) is 0 Å². The SMILES string of the molecule is CCCCCCCCC(C1C=CC=C1)C(OCC)(c1ccccc1)c1ccccc1. The second-order valence-corrected chi connectivity index (χ2v) is 8.41. The molecule has 3 rings (SSSR count). The topological polar surface area (TPSA) is 9.23 Å². The third-order valence-corrected chi connectivity index (χ3v) is 6.41. The third kappa shape index (κ3) is 5.32. The monoisotopic (exact) mass is 402 g/mol. The van der Waals surface area contributed by atoms with E-state index in [0.717, 1.165) is 6.42 Å². The normalized spacial score (nSPS) is 15.0. The Balaban J connectivity index is 1.98. The standard InChI is InChI=1S/C29H38O/c1-3-5-6-7-8-15-24-28(25-18-16-17-19-25)29(30-4-2,26-20-11-9-12-21-26)27-22-13-10-14-23-27/h9-14,16-23,25,28H,3-8,15,24H2,1-2H3. The number of unbranched alkanes of at least 4 members (excludes halogenated alkanes) is 5. The maximum absolute atomic E-state index is 6.80. The van der Waals surface area contributed by atoms with E-state index in [1.807, 2.05) is 0 Å². The second kappa shape index (κ2) is 11.9. The minimum atomic E-state index is -0.440. The fourth-order valence-corrected chi connectivity index (χ4v) is 5.00. The highest BCUT2D eigenvalue weighted by molar-refractivity contribution is 5.39. The molecule has 30 heavy (non-hydrogen) atoms. The fourth-order valence-electron chi connectivity index (χ4n) is 5.00. The Labute approximate surface area is 183 Å². The smallest absolute Gasteiger partial charge is 0.122 e. The van der Waals surface area contributed by atoms with Gasteiger partial charge in [0, 0.05) is 18.4 Å². The molecule has 1 nitrogen and oxygen atoms in total. The molecule has 1 unspecified atom stereocenters. The second-order valence-electron chi connectivity index (χ2n) is 8.41. The van der Waals surface area contributed by atoms with Gasteiger partial charge in [-0.2, -0.15) is 0 Å². The minimum Gasteiger partial charge on any atom is -0.365 e. The van der Waals surface area contributed by atoms with Gasteiger partial charge in [0.25, 0.3) is 0 Å². The molecule has 1 aliphatic carbocycles. The predicted molar refractivity (Wildman–Crippen MR) is 129 cm³/mol. The highest BCUT2D eigenvalue weighted by atomic mass is 16.5. The molecule has 0 heterocycles. The van der Waals surface area contributed by atoms with E-state index in [4.69, 9.17) is 4.74 Å². The Bertz CT molecular complexity index is 723. The number of rotatable bonds is 13. The van der Waals surface area contributed by atoms with Crippen LogP contribution in [-0.4, -0.2) is 6.61 Å². The number of hydrogen-bond acceptors (Lipinski definition) is 1. The zero-order valence-electron chi connectivity index (χ0n) is 18.8. The summed E-state index contributed by atoms with van der Waals surface area (Å²) in [6.07, 6.45) is 18.2. The van der Waals surface area contributed by atoms with E-state index in [1.165, 1.54) is 49.7 Å². The molecule has 0 saturated carbocycles. The van der Waals surface area contributed by atoms with Gasteiger partial charge in [-0.25, -0.2) is 0 Å². The Hall–Kier alpha value is -2.12. The first-order valence-electron chi connectivity index (χ1n) is 11.9.